The first kappa shape index (κ1) is 13.2. The van der Waals surface area contributed by atoms with Crippen molar-refractivity contribution in [2.24, 2.45) is 0 Å². The number of benzene rings is 1. The third-order valence-corrected chi connectivity index (χ3v) is 3.17. The van der Waals surface area contributed by atoms with Gasteiger partial charge in [-0.2, -0.15) is 0 Å². The smallest absolute Gasteiger partial charge is 0.161 e. The minimum atomic E-state index is 0.380. The first-order valence-corrected chi connectivity index (χ1v) is 6.36. The summed E-state index contributed by atoms with van der Waals surface area (Å²) in [6, 6.07) is 5.98. The topological polar surface area (TPSA) is 39.7 Å². The molecule has 4 heteroatoms. The lowest BCUT2D eigenvalue weighted by Crippen LogP contribution is -2.25. The van der Waals surface area contributed by atoms with E-state index in [0.717, 1.165) is 31.2 Å². The van der Waals surface area contributed by atoms with E-state index in [2.05, 4.69) is 5.32 Å². The van der Waals surface area contributed by atoms with Crippen LogP contribution in [0.1, 0.15) is 18.4 Å². The van der Waals surface area contributed by atoms with Gasteiger partial charge in [-0.3, -0.25) is 0 Å². The monoisotopic (exact) mass is 251 g/mol. The zero-order chi connectivity index (χ0) is 12.8. The van der Waals surface area contributed by atoms with Crippen molar-refractivity contribution >= 4 is 0 Å². The van der Waals surface area contributed by atoms with Crippen molar-refractivity contribution in [1.82, 2.24) is 5.32 Å². The van der Waals surface area contributed by atoms with Crippen molar-refractivity contribution in [1.29, 1.82) is 0 Å². The predicted octanol–water partition coefficient (Wildman–Crippen LogP) is 1.97. The van der Waals surface area contributed by atoms with E-state index >= 15 is 0 Å². The highest BCUT2D eigenvalue weighted by molar-refractivity contribution is 5.42. The highest BCUT2D eigenvalue weighted by Crippen LogP contribution is 2.27. The van der Waals surface area contributed by atoms with Crippen LogP contribution in [0.15, 0.2) is 18.2 Å². The van der Waals surface area contributed by atoms with Crippen molar-refractivity contribution < 1.29 is 14.2 Å². The largest absolute Gasteiger partial charge is 0.493 e. The van der Waals surface area contributed by atoms with Gasteiger partial charge in [0.1, 0.15) is 0 Å². The molecule has 2 rings (SSSR count). The van der Waals surface area contributed by atoms with Crippen molar-refractivity contribution in [2.75, 3.05) is 27.4 Å². The summed E-state index contributed by atoms with van der Waals surface area (Å²) in [4.78, 5) is 0. The van der Waals surface area contributed by atoms with Crippen LogP contribution in [0.5, 0.6) is 11.5 Å². The third kappa shape index (κ3) is 3.37. The predicted molar refractivity (Wildman–Crippen MR) is 70.2 cm³/mol. The molecule has 18 heavy (non-hydrogen) atoms. The summed E-state index contributed by atoms with van der Waals surface area (Å²) >= 11 is 0. The molecular weight excluding hydrogens is 230 g/mol. The Labute approximate surface area is 108 Å². The summed E-state index contributed by atoms with van der Waals surface area (Å²) in [6.45, 7) is 2.64. The van der Waals surface area contributed by atoms with E-state index in [-0.39, 0.29) is 0 Å². The molecule has 1 aromatic rings. The third-order valence-electron chi connectivity index (χ3n) is 3.17. The lowest BCUT2D eigenvalue weighted by atomic mass is 10.2. The van der Waals surface area contributed by atoms with Crippen LogP contribution in [0.2, 0.25) is 0 Å². The van der Waals surface area contributed by atoms with Gasteiger partial charge in [0.05, 0.1) is 20.3 Å². The Morgan fingerprint density at radius 3 is 2.78 bits per heavy atom. The first-order chi connectivity index (χ1) is 8.83. The van der Waals surface area contributed by atoms with Gasteiger partial charge in [0.15, 0.2) is 11.5 Å². The van der Waals surface area contributed by atoms with E-state index in [1.807, 2.05) is 18.2 Å². The van der Waals surface area contributed by atoms with Crippen molar-refractivity contribution in [2.45, 2.75) is 25.5 Å². The summed E-state index contributed by atoms with van der Waals surface area (Å²) in [6.07, 6.45) is 2.73. The first-order valence-electron chi connectivity index (χ1n) is 6.36. The van der Waals surface area contributed by atoms with Gasteiger partial charge in [0.25, 0.3) is 0 Å². The molecule has 0 aromatic heterocycles. The van der Waals surface area contributed by atoms with Gasteiger partial charge in [-0.25, -0.2) is 0 Å². The van der Waals surface area contributed by atoms with Crippen molar-refractivity contribution in [3.05, 3.63) is 23.8 Å². The Bertz CT molecular complexity index is 375. The van der Waals surface area contributed by atoms with E-state index in [1.54, 1.807) is 14.2 Å². The fourth-order valence-electron chi connectivity index (χ4n) is 2.17. The van der Waals surface area contributed by atoms with Crippen LogP contribution >= 0.6 is 0 Å². The Balaban J connectivity index is 1.84. The number of ether oxygens (including phenoxy) is 3. The maximum Gasteiger partial charge on any atom is 0.161 e. The van der Waals surface area contributed by atoms with Gasteiger partial charge in [0.2, 0.25) is 0 Å². The molecule has 0 saturated carbocycles. The molecule has 0 bridgehead atoms. The van der Waals surface area contributed by atoms with Crippen LogP contribution in [0.3, 0.4) is 0 Å². The molecule has 1 aromatic carbocycles. The summed E-state index contributed by atoms with van der Waals surface area (Å²) in [5, 5.41) is 3.41. The lowest BCUT2D eigenvalue weighted by Gasteiger charge is -2.12. The number of methoxy groups -OCH3 is 2. The van der Waals surface area contributed by atoms with E-state index < -0.39 is 0 Å². The van der Waals surface area contributed by atoms with Crippen LogP contribution in [-0.4, -0.2) is 33.5 Å². The SMILES string of the molecule is COc1ccc(CNCC2CCCO2)cc1OC. The Morgan fingerprint density at radius 2 is 2.11 bits per heavy atom. The minimum absolute atomic E-state index is 0.380. The van der Waals surface area contributed by atoms with Crippen molar-refractivity contribution in [3.63, 3.8) is 0 Å². The highest BCUT2D eigenvalue weighted by Gasteiger charge is 2.14. The minimum Gasteiger partial charge on any atom is -0.493 e. The molecule has 0 aliphatic carbocycles. The van der Waals surface area contributed by atoms with Gasteiger partial charge < -0.3 is 19.5 Å². The molecule has 1 atom stereocenters. The average molecular weight is 251 g/mol. The van der Waals surface area contributed by atoms with E-state index in [0.29, 0.717) is 6.10 Å². The van der Waals surface area contributed by atoms with Crippen molar-refractivity contribution in [3.8, 4) is 11.5 Å². The van der Waals surface area contributed by atoms with Crippen LogP contribution in [-0.2, 0) is 11.3 Å². The summed E-state index contributed by atoms with van der Waals surface area (Å²) in [7, 11) is 3.30. The quantitative estimate of drug-likeness (QED) is 0.839. The molecule has 100 valence electrons. The molecule has 1 heterocycles. The fourth-order valence-corrected chi connectivity index (χ4v) is 2.17. The summed E-state index contributed by atoms with van der Waals surface area (Å²) in [5.74, 6) is 1.54. The zero-order valence-electron chi connectivity index (χ0n) is 11.1. The number of rotatable bonds is 6. The molecule has 1 unspecified atom stereocenters. The number of hydrogen-bond donors (Lipinski definition) is 1. The summed E-state index contributed by atoms with van der Waals surface area (Å²) in [5.41, 5.74) is 1.19. The molecule has 1 fully saturated rings. The van der Waals surface area contributed by atoms with E-state index in [4.69, 9.17) is 14.2 Å². The molecule has 4 nitrogen and oxygen atoms in total. The Hall–Kier alpha value is -1.26. The van der Waals surface area contributed by atoms with Crippen LogP contribution in [0.4, 0.5) is 0 Å². The number of hydrogen-bond acceptors (Lipinski definition) is 4. The van der Waals surface area contributed by atoms with E-state index in [9.17, 15) is 0 Å². The fraction of sp³-hybridized carbons (Fsp3) is 0.571. The average Bonchev–Trinajstić information content (AvgIpc) is 2.91. The second-order valence-corrected chi connectivity index (χ2v) is 4.46. The number of nitrogens with one attached hydrogen (secondary N) is 1. The van der Waals surface area contributed by atoms with E-state index in [1.165, 1.54) is 18.4 Å². The lowest BCUT2D eigenvalue weighted by molar-refractivity contribution is 0.110. The van der Waals surface area contributed by atoms with Gasteiger partial charge in [0, 0.05) is 19.7 Å². The molecule has 1 saturated heterocycles. The molecule has 0 radical (unpaired) electrons. The molecule has 1 aliphatic rings. The normalized spacial score (nSPS) is 18.9. The Morgan fingerprint density at radius 1 is 1.28 bits per heavy atom. The second kappa shape index (κ2) is 6.61. The van der Waals surface area contributed by atoms with Crippen LogP contribution in [0.25, 0.3) is 0 Å². The van der Waals surface area contributed by atoms with Crippen LogP contribution < -0.4 is 14.8 Å². The maximum absolute atomic E-state index is 5.57. The van der Waals surface area contributed by atoms with Gasteiger partial charge in [-0.15, -0.1) is 0 Å². The molecule has 0 amide bonds. The second-order valence-electron chi connectivity index (χ2n) is 4.46. The molecular formula is C14H21NO3. The highest BCUT2D eigenvalue weighted by atomic mass is 16.5. The standard InChI is InChI=1S/C14H21NO3/c1-16-13-6-5-11(8-14(13)17-2)9-15-10-12-4-3-7-18-12/h5-6,8,12,15H,3-4,7,9-10H2,1-2H3. The molecule has 1 aliphatic heterocycles. The molecule has 0 spiro atoms. The van der Waals surface area contributed by atoms with Gasteiger partial charge >= 0.3 is 0 Å². The summed E-state index contributed by atoms with van der Waals surface area (Å²) < 4.78 is 16.1. The molecule has 1 N–H and O–H groups in total. The van der Waals surface area contributed by atoms with Gasteiger partial charge in [-0.1, -0.05) is 6.07 Å². The Kier molecular flexibility index (Phi) is 4.84. The van der Waals surface area contributed by atoms with Gasteiger partial charge in [-0.05, 0) is 30.5 Å². The van der Waals surface area contributed by atoms with Crippen LogP contribution in [0, 0.1) is 0 Å². The zero-order valence-corrected chi connectivity index (χ0v) is 11.1. The maximum atomic E-state index is 5.57.